The van der Waals surface area contributed by atoms with E-state index >= 15 is 0 Å². The van der Waals surface area contributed by atoms with Crippen molar-refractivity contribution in [2.45, 2.75) is 55.9 Å². The number of thioether (sulfide) groups is 1. The number of carbonyl (C=O) groups excluding carboxylic acids is 1. The topological polar surface area (TPSA) is 60.7 Å². The number of carbonyl (C=O) groups is 1. The number of hydrogen-bond donors (Lipinski definition) is 0. The van der Waals surface area contributed by atoms with Crippen molar-refractivity contribution in [1.82, 2.24) is 20.2 Å². The SMILES string of the molecule is CC(C)c1ccc(-n2nnnc2S[C@@H]2CCCCC2=O)cc1. The normalized spacial score (nSPS) is 18.9. The van der Waals surface area contributed by atoms with Crippen LogP contribution in [0.15, 0.2) is 29.4 Å². The van der Waals surface area contributed by atoms with Crippen LogP contribution >= 0.6 is 11.8 Å². The summed E-state index contributed by atoms with van der Waals surface area (Å²) in [6.45, 7) is 4.34. The lowest BCUT2D eigenvalue weighted by Crippen LogP contribution is -2.21. The largest absolute Gasteiger partial charge is 0.298 e. The lowest BCUT2D eigenvalue weighted by Gasteiger charge is -2.19. The molecule has 0 radical (unpaired) electrons. The van der Waals surface area contributed by atoms with E-state index in [1.54, 1.807) is 4.68 Å². The maximum absolute atomic E-state index is 12.0. The van der Waals surface area contributed by atoms with Gasteiger partial charge in [0.1, 0.15) is 5.78 Å². The molecule has 0 saturated heterocycles. The molecule has 0 bridgehead atoms. The highest BCUT2D eigenvalue weighted by atomic mass is 32.2. The van der Waals surface area contributed by atoms with Gasteiger partial charge in [0.15, 0.2) is 0 Å². The molecule has 1 fully saturated rings. The Morgan fingerprint density at radius 2 is 2.00 bits per heavy atom. The highest BCUT2D eigenvalue weighted by Gasteiger charge is 2.25. The minimum Gasteiger partial charge on any atom is -0.298 e. The van der Waals surface area contributed by atoms with Gasteiger partial charge in [0.25, 0.3) is 0 Å². The van der Waals surface area contributed by atoms with E-state index in [9.17, 15) is 4.79 Å². The quantitative estimate of drug-likeness (QED) is 0.865. The summed E-state index contributed by atoms with van der Waals surface area (Å²) in [5.41, 5.74) is 2.22. The minimum absolute atomic E-state index is 0.00608. The molecule has 22 heavy (non-hydrogen) atoms. The first-order valence-electron chi connectivity index (χ1n) is 7.73. The van der Waals surface area contributed by atoms with Crippen LogP contribution in [-0.2, 0) is 4.79 Å². The Morgan fingerprint density at radius 1 is 1.23 bits per heavy atom. The van der Waals surface area contributed by atoms with Crippen molar-refractivity contribution >= 4 is 17.5 Å². The van der Waals surface area contributed by atoms with Gasteiger partial charge < -0.3 is 0 Å². The highest BCUT2D eigenvalue weighted by Crippen LogP contribution is 2.31. The predicted octanol–water partition coefficient (Wildman–Crippen LogP) is 3.39. The van der Waals surface area contributed by atoms with Crippen LogP contribution in [0.5, 0.6) is 0 Å². The fourth-order valence-corrected chi connectivity index (χ4v) is 3.73. The number of aromatic nitrogens is 4. The number of tetrazole rings is 1. The molecular weight excluding hydrogens is 296 g/mol. The van der Waals surface area contributed by atoms with Gasteiger partial charge >= 0.3 is 0 Å². The fourth-order valence-electron chi connectivity index (χ4n) is 2.62. The first-order valence-corrected chi connectivity index (χ1v) is 8.61. The summed E-state index contributed by atoms with van der Waals surface area (Å²) in [4.78, 5) is 12.0. The molecule has 6 heteroatoms. The summed E-state index contributed by atoms with van der Waals surface area (Å²) in [7, 11) is 0. The number of nitrogens with zero attached hydrogens (tertiary/aromatic N) is 4. The maximum Gasteiger partial charge on any atom is 0.214 e. The molecule has 0 amide bonds. The lowest BCUT2D eigenvalue weighted by atomic mass is 9.99. The molecule has 1 atom stereocenters. The smallest absolute Gasteiger partial charge is 0.214 e. The van der Waals surface area contributed by atoms with E-state index in [1.807, 2.05) is 12.1 Å². The van der Waals surface area contributed by atoms with Gasteiger partial charge in [0.05, 0.1) is 10.9 Å². The monoisotopic (exact) mass is 316 g/mol. The third-order valence-corrected chi connectivity index (χ3v) is 5.24. The minimum atomic E-state index is -0.00608. The number of ketones is 1. The zero-order valence-electron chi connectivity index (χ0n) is 12.9. The van der Waals surface area contributed by atoms with Gasteiger partial charge in [-0.25, -0.2) is 0 Å². The molecule has 5 nitrogen and oxygen atoms in total. The number of Topliss-reactive ketones (excluding diaryl/α,β-unsaturated/α-hetero) is 1. The van der Waals surface area contributed by atoms with E-state index in [4.69, 9.17) is 0 Å². The van der Waals surface area contributed by atoms with Crippen LogP contribution in [0, 0.1) is 0 Å². The van der Waals surface area contributed by atoms with Gasteiger partial charge in [0.2, 0.25) is 5.16 Å². The average Bonchev–Trinajstić information content (AvgIpc) is 2.98. The molecule has 1 aromatic carbocycles. The lowest BCUT2D eigenvalue weighted by molar-refractivity contribution is -0.119. The molecule has 1 heterocycles. The first kappa shape index (κ1) is 15.2. The molecule has 1 aliphatic carbocycles. The van der Waals surface area contributed by atoms with Gasteiger partial charge in [-0.15, -0.1) is 5.10 Å². The highest BCUT2D eigenvalue weighted by molar-refractivity contribution is 8.00. The van der Waals surface area contributed by atoms with Crippen molar-refractivity contribution in [1.29, 1.82) is 0 Å². The Balaban J connectivity index is 1.80. The first-order chi connectivity index (χ1) is 10.6. The van der Waals surface area contributed by atoms with Crippen molar-refractivity contribution in [2.24, 2.45) is 0 Å². The zero-order valence-corrected chi connectivity index (χ0v) is 13.7. The van der Waals surface area contributed by atoms with E-state index in [1.165, 1.54) is 17.3 Å². The number of benzene rings is 1. The Morgan fingerprint density at radius 3 is 2.68 bits per heavy atom. The molecule has 0 unspecified atom stereocenters. The Hall–Kier alpha value is -1.69. The van der Waals surface area contributed by atoms with Crippen LogP contribution in [0.1, 0.15) is 51.0 Å². The van der Waals surface area contributed by atoms with Crippen LogP contribution in [0.4, 0.5) is 0 Å². The van der Waals surface area contributed by atoms with Gasteiger partial charge in [0, 0.05) is 6.42 Å². The maximum atomic E-state index is 12.0. The van der Waals surface area contributed by atoms with Gasteiger partial charge in [-0.1, -0.05) is 44.2 Å². The van der Waals surface area contributed by atoms with Crippen LogP contribution in [0.25, 0.3) is 5.69 Å². The molecular formula is C16H20N4OS. The van der Waals surface area contributed by atoms with Crippen LogP contribution in [0.3, 0.4) is 0 Å². The molecule has 2 aromatic rings. The van der Waals surface area contributed by atoms with Crippen molar-refractivity contribution in [3.05, 3.63) is 29.8 Å². The molecule has 3 rings (SSSR count). The Labute approximate surface area is 134 Å². The molecule has 0 spiro atoms. The van der Waals surface area contributed by atoms with E-state index in [0.29, 0.717) is 23.3 Å². The molecule has 0 N–H and O–H groups in total. The van der Waals surface area contributed by atoms with Crippen molar-refractivity contribution in [3.8, 4) is 5.69 Å². The van der Waals surface area contributed by atoms with Crippen LogP contribution < -0.4 is 0 Å². The number of hydrogen-bond acceptors (Lipinski definition) is 5. The van der Waals surface area contributed by atoms with E-state index in [2.05, 4.69) is 41.5 Å². The standard InChI is InChI=1S/C16H20N4OS/c1-11(2)12-7-9-13(10-8-12)20-16(17-18-19-20)22-15-6-4-3-5-14(15)21/h7-11,15H,3-6H2,1-2H3/t15-/m1/s1. The summed E-state index contributed by atoms with van der Waals surface area (Å²) < 4.78 is 1.72. The average molecular weight is 316 g/mol. The second-order valence-corrected chi connectivity index (χ2v) is 7.11. The molecule has 0 aliphatic heterocycles. The van der Waals surface area contributed by atoms with Gasteiger partial charge in [-0.3, -0.25) is 4.79 Å². The van der Waals surface area contributed by atoms with Crippen molar-refractivity contribution in [2.75, 3.05) is 0 Å². The molecule has 1 saturated carbocycles. The van der Waals surface area contributed by atoms with Gasteiger partial charge in [-0.05, 0) is 46.9 Å². The van der Waals surface area contributed by atoms with E-state index in [-0.39, 0.29) is 5.25 Å². The van der Waals surface area contributed by atoms with Gasteiger partial charge in [-0.2, -0.15) is 4.68 Å². The molecule has 1 aliphatic rings. The Bertz CT molecular complexity index is 650. The third-order valence-electron chi connectivity index (χ3n) is 3.99. The van der Waals surface area contributed by atoms with Crippen molar-refractivity contribution < 1.29 is 4.79 Å². The summed E-state index contributed by atoms with van der Waals surface area (Å²) in [6, 6.07) is 8.25. The zero-order chi connectivity index (χ0) is 15.5. The number of rotatable bonds is 4. The Kier molecular flexibility index (Phi) is 4.57. The second kappa shape index (κ2) is 6.60. The molecule has 116 valence electrons. The predicted molar refractivity (Wildman–Crippen MR) is 86.4 cm³/mol. The molecule has 1 aromatic heterocycles. The van der Waals surface area contributed by atoms with Crippen molar-refractivity contribution in [3.63, 3.8) is 0 Å². The van der Waals surface area contributed by atoms with E-state index < -0.39 is 0 Å². The second-order valence-electron chi connectivity index (χ2n) is 5.94. The fraction of sp³-hybridized carbons (Fsp3) is 0.500. The van der Waals surface area contributed by atoms with Crippen LogP contribution in [0.2, 0.25) is 0 Å². The summed E-state index contributed by atoms with van der Waals surface area (Å²) in [6.07, 6.45) is 3.72. The van der Waals surface area contributed by atoms with E-state index in [0.717, 1.165) is 24.9 Å². The summed E-state index contributed by atoms with van der Waals surface area (Å²) in [5, 5.41) is 12.6. The van der Waals surface area contributed by atoms with Crippen LogP contribution in [-0.4, -0.2) is 31.2 Å². The summed E-state index contributed by atoms with van der Waals surface area (Å²) >= 11 is 1.49. The third kappa shape index (κ3) is 3.21. The summed E-state index contributed by atoms with van der Waals surface area (Å²) in [5.74, 6) is 0.817.